The molecule has 22 heavy (non-hydrogen) atoms. The SMILES string of the molecule is CC(=O)NCCN(C(C)C(=O)O)S(=O)(=O)c1cc(C)c(Cl)s1. The van der Waals surface area contributed by atoms with E-state index in [-0.39, 0.29) is 23.2 Å². The van der Waals surface area contributed by atoms with Gasteiger partial charge in [0.2, 0.25) is 5.91 Å². The summed E-state index contributed by atoms with van der Waals surface area (Å²) in [6.45, 7) is 4.10. The zero-order valence-corrected chi connectivity index (χ0v) is 14.7. The summed E-state index contributed by atoms with van der Waals surface area (Å²) in [6.07, 6.45) is 0. The number of halogens is 1. The van der Waals surface area contributed by atoms with Crippen LogP contribution in [-0.2, 0) is 19.6 Å². The minimum Gasteiger partial charge on any atom is -0.480 e. The van der Waals surface area contributed by atoms with Gasteiger partial charge in [0.25, 0.3) is 10.0 Å². The molecule has 7 nitrogen and oxygen atoms in total. The molecular weight excluding hydrogens is 352 g/mol. The monoisotopic (exact) mass is 368 g/mol. The van der Waals surface area contributed by atoms with Crippen molar-refractivity contribution in [3.63, 3.8) is 0 Å². The standard InChI is InChI=1S/C12H17ClN2O5S2/c1-7-6-10(21-11(7)13)22(19,20)15(8(2)12(17)18)5-4-14-9(3)16/h6,8H,4-5H2,1-3H3,(H,14,16)(H,17,18). The van der Waals surface area contributed by atoms with Crippen LogP contribution in [0.5, 0.6) is 0 Å². The third-order valence-corrected chi connectivity index (χ3v) is 6.87. The minimum absolute atomic E-state index is 0.0181. The Bertz CT molecular complexity index is 652. The number of nitrogens with one attached hydrogen (secondary N) is 1. The highest BCUT2D eigenvalue weighted by molar-refractivity contribution is 7.91. The fourth-order valence-electron chi connectivity index (χ4n) is 1.66. The molecule has 0 aliphatic carbocycles. The maximum absolute atomic E-state index is 12.6. The highest BCUT2D eigenvalue weighted by atomic mass is 35.5. The van der Waals surface area contributed by atoms with Gasteiger partial charge in [0, 0.05) is 20.0 Å². The molecule has 0 aliphatic heterocycles. The van der Waals surface area contributed by atoms with Crippen LogP contribution in [0.1, 0.15) is 19.4 Å². The first-order chi connectivity index (χ1) is 10.1. The molecule has 0 saturated carbocycles. The van der Waals surface area contributed by atoms with Gasteiger partial charge in [-0.05, 0) is 25.5 Å². The van der Waals surface area contributed by atoms with E-state index in [1.54, 1.807) is 6.92 Å². The average molecular weight is 369 g/mol. The van der Waals surface area contributed by atoms with Gasteiger partial charge >= 0.3 is 5.97 Å². The number of carboxylic acids is 1. The van der Waals surface area contributed by atoms with Crippen LogP contribution in [0.2, 0.25) is 4.34 Å². The number of sulfonamides is 1. The van der Waals surface area contributed by atoms with Crippen LogP contribution in [0.3, 0.4) is 0 Å². The van der Waals surface area contributed by atoms with E-state index in [0.29, 0.717) is 9.90 Å². The molecule has 2 N–H and O–H groups in total. The van der Waals surface area contributed by atoms with Crippen LogP contribution >= 0.6 is 22.9 Å². The van der Waals surface area contributed by atoms with E-state index in [1.807, 2.05) is 0 Å². The maximum atomic E-state index is 12.6. The summed E-state index contributed by atoms with van der Waals surface area (Å²) >= 11 is 6.76. The van der Waals surface area contributed by atoms with Crippen molar-refractivity contribution in [2.24, 2.45) is 0 Å². The zero-order chi connectivity index (χ0) is 17.1. The summed E-state index contributed by atoms with van der Waals surface area (Å²) in [7, 11) is -4.01. The van der Waals surface area contributed by atoms with E-state index in [0.717, 1.165) is 15.6 Å². The topological polar surface area (TPSA) is 104 Å². The van der Waals surface area contributed by atoms with Crippen molar-refractivity contribution in [1.29, 1.82) is 0 Å². The number of hydrogen-bond acceptors (Lipinski definition) is 5. The summed E-state index contributed by atoms with van der Waals surface area (Å²) in [5.41, 5.74) is 0.607. The predicted molar refractivity (Wildman–Crippen MR) is 83.7 cm³/mol. The predicted octanol–water partition coefficient (Wildman–Crippen LogP) is 1.31. The molecule has 1 atom stereocenters. The quantitative estimate of drug-likeness (QED) is 0.755. The maximum Gasteiger partial charge on any atom is 0.321 e. The summed E-state index contributed by atoms with van der Waals surface area (Å²) in [5, 5.41) is 11.6. The first-order valence-electron chi connectivity index (χ1n) is 6.32. The number of carboxylic acid groups (broad SMARTS) is 1. The number of aryl methyl sites for hydroxylation is 1. The number of carbonyl (C=O) groups excluding carboxylic acids is 1. The number of aliphatic carboxylic acids is 1. The van der Waals surface area contributed by atoms with E-state index in [4.69, 9.17) is 16.7 Å². The molecule has 0 bridgehead atoms. The lowest BCUT2D eigenvalue weighted by Gasteiger charge is -2.25. The highest BCUT2D eigenvalue weighted by Gasteiger charge is 2.34. The van der Waals surface area contributed by atoms with Crippen molar-refractivity contribution in [2.75, 3.05) is 13.1 Å². The molecule has 1 rings (SSSR count). The Morgan fingerprint density at radius 3 is 2.50 bits per heavy atom. The summed E-state index contributed by atoms with van der Waals surface area (Å²) in [6, 6.07) is 0.141. The second kappa shape index (κ2) is 7.40. The zero-order valence-electron chi connectivity index (χ0n) is 12.3. The van der Waals surface area contributed by atoms with E-state index < -0.39 is 22.0 Å². The van der Waals surface area contributed by atoms with Crippen LogP contribution in [-0.4, -0.2) is 48.8 Å². The van der Waals surface area contributed by atoms with Crippen molar-refractivity contribution in [3.05, 3.63) is 16.0 Å². The Morgan fingerprint density at radius 2 is 2.09 bits per heavy atom. The van der Waals surface area contributed by atoms with Gasteiger partial charge in [-0.3, -0.25) is 9.59 Å². The van der Waals surface area contributed by atoms with Gasteiger partial charge in [-0.15, -0.1) is 11.3 Å². The van der Waals surface area contributed by atoms with Crippen LogP contribution in [0.4, 0.5) is 0 Å². The first kappa shape index (κ1) is 18.9. The lowest BCUT2D eigenvalue weighted by Crippen LogP contribution is -2.46. The number of thiophene rings is 1. The minimum atomic E-state index is -4.01. The number of nitrogens with zero attached hydrogens (tertiary/aromatic N) is 1. The summed E-state index contributed by atoms with van der Waals surface area (Å²) < 4.78 is 26.4. The summed E-state index contributed by atoms with van der Waals surface area (Å²) in [5.74, 6) is -1.60. The number of hydrogen-bond donors (Lipinski definition) is 2. The fourth-order valence-corrected chi connectivity index (χ4v) is 5.09. The molecule has 0 aromatic carbocycles. The van der Waals surface area contributed by atoms with Gasteiger partial charge < -0.3 is 10.4 Å². The molecule has 1 amide bonds. The van der Waals surface area contributed by atoms with E-state index in [9.17, 15) is 18.0 Å². The number of amides is 1. The third kappa shape index (κ3) is 4.42. The number of carbonyl (C=O) groups is 2. The molecule has 1 aromatic rings. The van der Waals surface area contributed by atoms with Crippen molar-refractivity contribution >= 4 is 44.8 Å². The van der Waals surface area contributed by atoms with Crippen LogP contribution in [0, 0.1) is 6.92 Å². The van der Waals surface area contributed by atoms with Crippen molar-refractivity contribution in [2.45, 2.75) is 31.0 Å². The van der Waals surface area contributed by atoms with Gasteiger partial charge in [-0.1, -0.05) is 11.6 Å². The molecule has 124 valence electrons. The van der Waals surface area contributed by atoms with Crippen molar-refractivity contribution in [1.82, 2.24) is 9.62 Å². The van der Waals surface area contributed by atoms with E-state index >= 15 is 0 Å². The molecule has 1 aromatic heterocycles. The van der Waals surface area contributed by atoms with Crippen molar-refractivity contribution in [3.8, 4) is 0 Å². The molecule has 1 unspecified atom stereocenters. The summed E-state index contributed by atoms with van der Waals surface area (Å²) in [4.78, 5) is 22.1. The molecule has 1 heterocycles. The molecule has 0 fully saturated rings. The van der Waals surface area contributed by atoms with Gasteiger partial charge in [0.1, 0.15) is 10.3 Å². The van der Waals surface area contributed by atoms with Crippen molar-refractivity contribution < 1.29 is 23.1 Å². The lowest BCUT2D eigenvalue weighted by atomic mass is 10.3. The lowest BCUT2D eigenvalue weighted by molar-refractivity contribution is -0.140. The van der Waals surface area contributed by atoms with E-state index in [1.165, 1.54) is 19.9 Å². The van der Waals surface area contributed by atoms with Gasteiger partial charge in [-0.2, -0.15) is 4.31 Å². The van der Waals surface area contributed by atoms with Gasteiger partial charge in [-0.25, -0.2) is 8.42 Å². The Kier molecular flexibility index (Phi) is 6.36. The largest absolute Gasteiger partial charge is 0.480 e. The second-order valence-corrected chi connectivity index (χ2v) is 8.41. The van der Waals surface area contributed by atoms with E-state index in [2.05, 4.69) is 5.32 Å². The Morgan fingerprint density at radius 1 is 1.50 bits per heavy atom. The smallest absolute Gasteiger partial charge is 0.321 e. The van der Waals surface area contributed by atoms with Gasteiger partial charge in [0.15, 0.2) is 0 Å². The van der Waals surface area contributed by atoms with Crippen LogP contribution < -0.4 is 5.32 Å². The Labute approximate surface area is 137 Å². The third-order valence-electron chi connectivity index (χ3n) is 2.89. The highest BCUT2D eigenvalue weighted by Crippen LogP contribution is 2.32. The molecular formula is C12H17ClN2O5S2. The molecule has 0 spiro atoms. The second-order valence-electron chi connectivity index (χ2n) is 4.64. The van der Waals surface area contributed by atoms with Gasteiger partial charge in [0.05, 0.1) is 4.34 Å². The first-order valence-corrected chi connectivity index (χ1v) is 8.95. The molecule has 10 heteroatoms. The Balaban J connectivity index is 3.12. The molecule has 0 radical (unpaired) electrons. The Hall–Kier alpha value is -1.16. The normalized spacial score (nSPS) is 13.1. The number of rotatable bonds is 7. The van der Waals surface area contributed by atoms with Crippen LogP contribution in [0.15, 0.2) is 10.3 Å². The fraction of sp³-hybridized carbons (Fsp3) is 0.500. The molecule has 0 saturated heterocycles. The average Bonchev–Trinajstić information content (AvgIpc) is 2.74. The van der Waals surface area contributed by atoms with Crippen LogP contribution in [0.25, 0.3) is 0 Å². The molecule has 0 aliphatic rings.